The van der Waals surface area contributed by atoms with Gasteiger partial charge in [0.1, 0.15) is 11.5 Å². The highest BCUT2D eigenvalue weighted by atomic mass is 16.3. The van der Waals surface area contributed by atoms with E-state index >= 15 is 0 Å². The molecule has 2 aliphatic rings. The zero-order chi connectivity index (χ0) is 15.3. The normalized spacial score (nSPS) is 31.0. The van der Waals surface area contributed by atoms with Crippen LogP contribution in [0, 0.1) is 5.92 Å². The number of fused-ring (bicyclic) bond motifs is 4. The van der Waals surface area contributed by atoms with E-state index in [1.165, 1.54) is 11.1 Å². The molecule has 2 aromatic rings. The van der Waals surface area contributed by atoms with Crippen molar-refractivity contribution in [3.63, 3.8) is 0 Å². The Bertz CT molecular complexity index is 679. The molecule has 0 saturated carbocycles. The van der Waals surface area contributed by atoms with E-state index in [0.717, 1.165) is 31.7 Å². The van der Waals surface area contributed by atoms with E-state index in [0.29, 0.717) is 17.7 Å². The SMILES string of the molecule is C[C@H]1[C@H]2Cc3ccc(O)cc3C1(C)CCN2Cc1ccco1. The number of phenols is 1. The molecule has 1 fully saturated rings. The second-order valence-electron chi connectivity index (χ2n) is 7.12. The third-order valence-electron chi connectivity index (χ3n) is 6.05. The van der Waals surface area contributed by atoms with Gasteiger partial charge in [-0.1, -0.05) is 19.9 Å². The van der Waals surface area contributed by atoms with Crippen molar-refractivity contribution < 1.29 is 9.52 Å². The minimum Gasteiger partial charge on any atom is -0.508 e. The molecule has 2 heterocycles. The summed E-state index contributed by atoms with van der Waals surface area (Å²) >= 11 is 0. The minimum atomic E-state index is 0.163. The van der Waals surface area contributed by atoms with Gasteiger partial charge in [0, 0.05) is 6.04 Å². The summed E-state index contributed by atoms with van der Waals surface area (Å²) in [7, 11) is 0. The first-order valence-electron chi connectivity index (χ1n) is 8.17. The first-order valence-corrected chi connectivity index (χ1v) is 8.17. The lowest BCUT2D eigenvalue weighted by Crippen LogP contribution is -2.57. The smallest absolute Gasteiger partial charge is 0.117 e. The lowest BCUT2D eigenvalue weighted by molar-refractivity contribution is 0.0217. The summed E-state index contributed by atoms with van der Waals surface area (Å²) in [5.74, 6) is 2.02. The van der Waals surface area contributed by atoms with Crippen LogP contribution in [0.4, 0.5) is 0 Å². The maximum atomic E-state index is 9.89. The van der Waals surface area contributed by atoms with Crippen LogP contribution in [0.15, 0.2) is 41.0 Å². The van der Waals surface area contributed by atoms with E-state index in [9.17, 15) is 5.11 Å². The molecule has 116 valence electrons. The monoisotopic (exact) mass is 297 g/mol. The molecular weight excluding hydrogens is 274 g/mol. The zero-order valence-electron chi connectivity index (χ0n) is 13.2. The minimum absolute atomic E-state index is 0.163. The van der Waals surface area contributed by atoms with Gasteiger partial charge in [-0.05, 0) is 66.1 Å². The Labute approximate surface area is 131 Å². The van der Waals surface area contributed by atoms with Gasteiger partial charge in [0.25, 0.3) is 0 Å². The van der Waals surface area contributed by atoms with Gasteiger partial charge < -0.3 is 9.52 Å². The molecule has 2 bridgehead atoms. The highest BCUT2D eigenvalue weighted by molar-refractivity contribution is 5.44. The molecule has 22 heavy (non-hydrogen) atoms. The quantitative estimate of drug-likeness (QED) is 0.918. The van der Waals surface area contributed by atoms with Crippen molar-refractivity contribution in [1.29, 1.82) is 0 Å². The molecule has 1 unspecified atom stereocenters. The molecule has 4 rings (SSSR count). The van der Waals surface area contributed by atoms with Crippen LogP contribution in [0.1, 0.15) is 37.2 Å². The van der Waals surface area contributed by atoms with E-state index in [1.807, 2.05) is 18.2 Å². The number of nitrogens with zero attached hydrogens (tertiary/aromatic N) is 1. The third kappa shape index (κ3) is 1.99. The summed E-state index contributed by atoms with van der Waals surface area (Å²) in [5.41, 5.74) is 2.91. The fourth-order valence-electron chi connectivity index (χ4n) is 4.49. The Balaban J connectivity index is 1.69. The first kappa shape index (κ1) is 13.9. The predicted octanol–water partition coefficient (Wildman–Crippen LogP) is 3.71. The molecule has 1 aliphatic carbocycles. The van der Waals surface area contributed by atoms with E-state index in [2.05, 4.69) is 30.9 Å². The zero-order valence-corrected chi connectivity index (χ0v) is 13.2. The lowest BCUT2D eigenvalue weighted by atomic mass is 9.59. The predicted molar refractivity (Wildman–Crippen MR) is 85.8 cm³/mol. The summed E-state index contributed by atoms with van der Waals surface area (Å²) in [4.78, 5) is 2.57. The molecule has 3 nitrogen and oxygen atoms in total. The van der Waals surface area contributed by atoms with Gasteiger partial charge in [0.2, 0.25) is 0 Å². The number of aromatic hydroxyl groups is 1. The fraction of sp³-hybridized carbons (Fsp3) is 0.474. The van der Waals surface area contributed by atoms with Gasteiger partial charge >= 0.3 is 0 Å². The van der Waals surface area contributed by atoms with E-state index in [-0.39, 0.29) is 5.41 Å². The number of rotatable bonds is 2. The Morgan fingerprint density at radius 3 is 3.00 bits per heavy atom. The number of benzene rings is 1. The number of hydrogen-bond acceptors (Lipinski definition) is 3. The molecular formula is C19H23NO2. The largest absolute Gasteiger partial charge is 0.508 e. The van der Waals surface area contributed by atoms with Crippen molar-refractivity contribution in [3.05, 3.63) is 53.5 Å². The van der Waals surface area contributed by atoms with Crippen LogP contribution in [0.5, 0.6) is 5.75 Å². The number of phenolic OH excluding ortho intramolecular Hbond substituents is 1. The lowest BCUT2D eigenvalue weighted by Gasteiger charge is -2.54. The molecule has 0 amide bonds. The average Bonchev–Trinajstić information content (AvgIpc) is 3.00. The van der Waals surface area contributed by atoms with Crippen molar-refractivity contribution in [2.75, 3.05) is 6.54 Å². The van der Waals surface area contributed by atoms with Crippen molar-refractivity contribution in [3.8, 4) is 5.75 Å². The second kappa shape index (κ2) is 4.88. The van der Waals surface area contributed by atoms with Crippen LogP contribution in [-0.4, -0.2) is 22.6 Å². The van der Waals surface area contributed by atoms with Crippen LogP contribution in [0.2, 0.25) is 0 Å². The van der Waals surface area contributed by atoms with Gasteiger partial charge in [-0.15, -0.1) is 0 Å². The van der Waals surface area contributed by atoms with Crippen LogP contribution in [0.25, 0.3) is 0 Å². The van der Waals surface area contributed by atoms with Gasteiger partial charge in [-0.2, -0.15) is 0 Å². The summed E-state index contributed by atoms with van der Waals surface area (Å²) in [6.45, 7) is 6.71. The summed E-state index contributed by atoms with van der Waals surface area (Å²) < 4.78 is 5.54. The van der Waals surface area contributed by atoms with Crippen LogP contribution >= 0.6 is 0 Å². The standard InChI is InChI=1S/C19H23NO2/c1-13-18-10-14-5-6-15(21)11-17(14)19(13,2)7-8-20(18)12-16-4-3-9-22-16/h3-6,9,11,13,18,21H,7-8,10,12H2,1-2H3/t13-,18+,19?/m0/s1. The number of hydrogen-bond donors (Lipinski definition) is 1. The van der Waals surface area contributed by atoms with Crippen molar-refractivity contribution in [1.82, 2.24) is 4.90 Å². The maximum Gasteiger partial charge on any atom is 0.117 e. The number of furan rings is 1. The van der Waals surface area contributed by atoms with Crippen molar-refractivity contribution in [2.24, 2.45) is 5.92 Å². The molecule has 1 N–H and O–H groups in total. The Hall–Kier alpha value is -1.74. The van der Waals surface area contributed by atoms with Gasteiger partial charge in [0.15, 0.2) is 0 Å². The molecule has 1 saturated heterocycles. The van der Waals surface area contributed by atoms with E-state index in [4.69, 9.17) is 4.42 Å². The number of piperidine rings is 1. The van der Waals surface area contributed by atoms with Crippen LogP contribution < -0.4 is 0 Å². The fourth-order valence-corrected chi connectivity index (χ4v) is 4.49. The maximum absolute atomic E-state index is 9.89. The molecule has 1 aliphatic heterocycles. The molecule has 0 radical (unpaired) electrons. The Morgan fingerprint density at radius 2 is 2.23 bits per heavy atom. The molecule has 3 heteroatoms. The molecule has 0 spiro atoms. The van der Waals surface area contributed by atoms with Crippen LogP contribution in [0.3, 0.4) is 0 Å². The molecule has 3 atom stereocenters. The van der Waals surface area contributed by atoms with Gasteiger partial charge in [0.05, 0.1) is 12.8 Å². The topological polar surface area (TPSA) is 36.6 Å². The van der Waals surface area contributed by atoms with E-state index < -0.39 is 0 Å². The van der Waals surface area contributed by atoms with Crippen LogP contribution in [-0.2, 0) is 18.4 Å². The highest BCUT2D eigenvalue weighted by Crippen LogP contribution is 2.49. The van der Waals surface area contributed by atoms with E-state index in [1.54, 1.807) is 6.26 Å². The number of likely N-dealkylation sites (tertiary alicyclic amines) is 1. The second-order valence-corrected chi connectivity index (χ2v) is 7.12. The Kier molecular flexibility index (Phi) is 3.08. The third-order valence-corrected chi connectivity index (χ3v) is 6.05. The van der Waals surface area contributed by atoms with Gasteiger partial charge in [-0.25, -0.2) is 0 Å². The molecule has 1 aromatic heterocycles. The molecule has 1 aromatic carbocycles. The summed E-state index contributed by atoms with van der Waals surface area (Å²) in [6.07, 6.45) is 3.95. The summed E-state index contributed by atoms with van der Waals surface area (Å²) in [6, 6.07) is 10.5. The van der Waals surface area contributed by atoms with Crippen molar-refractivity contribution >= 4 is 0 Å². The average molecular weight is 297 g/mol. The highest BCUT2D eigenvalue weighted by Gasteiger charge is 2.48. The Morgan fingerprint density at radius 1 is 1.36 bits per heavy atom. The van der Waals surface area contributed by atoms with Crippen molar-refractivity contribution in [2.45, 2.75) is 44.7 Å². The van der Waals surface area contributed by atoms with Gasteiger partial charge in [-0.3, -0.25) is 4.90 Å². The summed E-state index contributed by atoms with van der Waals surface area (Å²) in [5, 5.41) is 9.89. The first-order chi connectivity index (χ1) is 10.6.